The summed E-state index contributed by atoms with van der Waals surface area (Å²) in [5.74, 6) is 0.336. The van der Waals surface area contributed by atoms with Crippen LogP contribution in [0.5, 0.6) is 0 Å². The normalized spacial score (nSPS) is 16.3. The number of benzene rings is 1. The van der Waals surface area contributed by atoms with E-state index in [2.05, 4.69) is 10.4 Å². The van der Waals surface area contributed by atoms with Crippen LogP contribution in [0.25, 0.3) is 22.3 Å². The Morgan fingerprint density at radius 1 is 1.33 bits per heavy atom. The Labute approximate surface area is 158 Å². The van der Waals surface area contributed by atoms with E-state index in [9.17, 15) is 4.79 Å². The van der Waals surface area contributed by atoms with Gasteiger partial charge in [-0.05, 0) is 38.7 Å². The van der Waals surface area contributed by atoms with Crippen molar-refractivity contribution in [2.75, 3.05) is 6.54 Å². The van der Waals surface area contributed by atoms with Crippen molar-refractivity contribution in [1.82, 2.24) is 20.1 Å². The number of hydrogen-bond donors (Lipinski definition) is 2. The minimum Gasteiger partial charge on any atom is -0.345 e. The van der Waals surface area contributed by atoms with E-state index >= 15 is 0 Å². The quantitative estimate of drug-likeness (QED) is 0.730. The van der Waals surface area contributed by atoms with Crippen LogP contribution in [0.4, 0.5) is 0 Å². The Balaban J connectivity index is 1.84. The molecule has 3 N–H and O–H groups in total. The molecular weight excluding hydrogens is 338 g/mol. The molecule has 1 fully saturated rings. The predicted molar refractivity (Wildman–Crippen MR) is 106 cm³/mol. The molecule has 1 saturated carbocycles. The number of carbonyl (C=O) groups is 1. The van der Waals surface area contributed by atoms with Gasteiger partial charge in [0.25, 0.3) is 5.91 Å². The second-order valence-electron chi connectivity index (χ2n) is 7.68. The maximum absolute atomic E-state index is 13.3. The largest absolute Gasteiger partial charge is 0.345 e. The minimum atomic E-state index is -0.379. The number of aromatic nitrogens is 3. The van der Waals surface area contributed by atoms with Gasteiger partial charge in [-0.2, -0.15) is 5.10 Å². The number of carbonyl (C=O) groups excluding carboxylic acids is 1. The molecule has 6 heteroatoms. The van der Waals surface area contributed by atoms with E-state index in [0.717, 1.165) is 35.2 Å². The standard InChI is InChI=1S/C21H25N5O/c1-13-18-16(20(27)24-21(2,12-22)15-9-10-15)11-17(14-7-5-4-6-8-14)23-19(18)26(3)25-13/h4-8,11,15H,9-10,12,22H2,1-3H3,(H,24,27). The number of amides is 1. The first-order valence-electron chi connectivity index (χ1n) is 9.35. The molecule has 2 heterocycles. The van der Waals surface area contributed by atoms with Crippen LogP contribution in [0.15, 0.2) is 36.4 Å². The number of pyridine rings is 1. The highest BCUT2D eigenvalue weighted by Gasteiger charge is 2.42. The maximum Gasteiger partial charge on any atom is 0.252 e. The average molecular weight is 363 g/mol. The van der Waals surface area contributed by atoms with Crippen molar-refractivity contribution in [3.8, 4) is 11.3 Å². The third kappa shape index (κ3) is 3.10. The van der Waals surface area contributed by atoms with Crippen molar-refractivity contribution in [3.63, 3.8) is 0 Å². The Morgan fingerprint density at radius 2 is 2.04 bits per heavy atom. The Bertz CT molecular complexity index is 1010. The number of rotatable bonds is 5. The summed E-state index contributed by atoms with van der Waals surface area (Å²) in [6.45, 7) is 4.37. The van der Waals surface area contributed by atoms with Gasteiger partial charge in [0.05, 0.1) is 27.9 Å². The fourth-order valence-corrected chi connectivity index (χ4v) is 3.75. The van der Waals surface area contributed by atoms with Gasteiger partial charge in [-0.25, -0.2) is 4.98 Å². The summed E-state index contributed by atoms with van der Waals surface area (Å²) in [7, 11) is 1.85. The van der Waals surface area contributed by atoms with Crippen LogP contribution in [0, 0.1) is 12.8 Å². The second kappa shape index (κ2) is 6.46. The molecule has 4 rings (SSSR count). The Kier molecular flexibility index (Phi) is 4.23. The first-order chi connectivity index (χ1) is 12.9. The number of nitrogens with two attached hydrogens (primary N) is 1. The SMILES string of the molecule is Cc1nn(C)c2nc(-c3ccccc3)cc(C(=O)NC(C)(CN)C3CC3)c12. The molecular formula is C21H25N5O. The van der Waals surface area contributed by atoms with Gasteiger partial charge in [0.2, 0.25) is 0 Å². The molecule has 27 heavy (non-hydrogen) atoms. The van der Waals surface area contributed by atoms with Gasteiger partial charge in [-0.1, -0.05) is 30.3 Å². The molecule has 1 unspecified atom stereocenters. The van der Waals surface area contributed by atoms with Crippen LogP contribution < -0.4 is 11.1 Å². The van der Waals surface area contributed by atoms with Crippen LogP contribution in [0.1, 0.15) is 35.8 Å². The van der Waals surface area contributed by atoms with E-state index in [-0.39, 0.29) is 11.4 Å². The third-order valence-corrected chi connectivity index (χ3v) is 5.58. The number of hydrogen-bond acceptors (Lipinski definition) is 4. The average Bonchev–Trinajstić information content (AvgIpc) is 3.49. The van der Waals surface area contributed by atoms with Crippen molar-refractivity contribution in [3.05, 3.63) is 47.7 Å². The predicted octanol–water partition coefficient (Wildman–Crippen LogP) is 2.80. The molecule has 140 valence electrons. The van der Waals surface area contributed by atoms with E-state index in [1.54, 1.807) is 4.68 Å². The van der Waals surface area contributed by atoms with Crippen molar-refractivity contribution < 1.29 is 4.79 Å². The summed E-state index contributed by atoms with van der Waals surface area (Å²) < 4.78 is 1.73. The summed E-state index contributed by atoms with van der Waals surface area (Å²) in [5, 5.41) is 8.48. The lowest BCUT2D eigenvalue weighted by Gasteiger charge is -2.29. The summed E-state index contributed by atoms with van der Waals surface area (Å²) in [6.07, 6.45) is 2.22. The second-order valence-corrected chi connectivity index (χ2v) is 7.68. The molecule has 3 aromatic rings. The number of nitrogens with zero attached hydrogens (tertiary/aromatic N) is 3. The number of fused-ring (bicyclic) bond motifs is 1. The van der Waals surface area contributed by atoms with E-state index in [1.807, 2.05) is 57.3 Å². The van der Waals surface area contributed by atoms with Gasteiger partial charge in [0.15, 0.2) is 5.65 Å². The van der Waals surface area contributed by atoms with Crippen LogP contribution >= 0.6 is 0 Å². The fraction of sp³-hybridized carbons (Fsp3) is 0.381. The van der Waals surface area contributed by atoms with Crippen LogP contribution in [0.2, 0.25) is 0 Å². The summed E-state index contributed by atoms with van der Waals surface area (Å²) in [6, 6.07) is 11.8. The van der Waals surface area contributed by atoms with Crippen molar-refractivity contribution >= 4 is 16.9 Å². The summed E-state index contributed by atoms with van der Waals surface area (Å²) in [4.78, 5) is 18.0. The number of nitrogens with one attached hydrogen (secondary N) is 1. The van der Waals surface area contributed by atoms with E-state index in [4.69, 9.17) is 10.7 Å². The van der Waals surface area contributed by atoms with Crippen molar-refractivity contribution in [2.45, 2.75) is 32.2 Å². The number of aryl methyl sites for hydroxylation is 2. The first kappa shape index (κ1) is 17.7. The van der Waals surface area contributed by atoms with Crippen molar-refractivity contribution in [2.24, 2.45) is 18.7 Å². The Hall–Kier alpha value is -2.73. The zero-order valence-electron chi connectivity index (χ0n) is 16.0. The van der Waals surface area contributed by atoms with Gasteiger partial charge < -0.3 is 11.1 Å². The molecule has 2 aromatic heterocycles. The van der Waals surface area contributed by atoms with Gasteiger partial charge in [-0.15, -0.1) is 0 Å². The molecule has 1 aliphatic rings. The van der Waals surface area contributed by atoms with Gasteiger partial charge in [0.1, 0.15) is 0 Å². The van der Waals surface area contributed by atoms with Crippen LogP contribution in [-0.4, -0.2) is 32.8 Å². The molecule has 0 radical (unpaired) electrons. The van der Waals surface area contributed by atoms with Gasteiger partial charge in [0, 0.05) is 19.2 Å². The van der Waals surface area contributed by atoms with Gasteiger partial charge >= 0.3 is 0 Å². The molecule has 1 amide bonds. The highest BCUT2D eigenvalue weighted by molar-refractivity contribution is 6.07. The molecule has 1 atom stereocenters. The van der Waals surface area contributed by atoms with Crippen molar-refractivity contribution in [1.29, 1.82) is 0 Å². The molecule has 0 saturated heterocycles. The summed E-state index contributed by atoms with van der Waals surface area (Å²) in [5.41, 5.74) is 9.46. The molecule has 1 aromatic carbocycles. The topological polar surface area (TPSA) is 85.8 Å². The highest BCUT2D eigenvalue weighted by atomic mass is 16.1. The molecule has 0 bridgehead atoms. The first-order valence-corrected chi connectivity index (χ1v) is 9.35. The minimum absolute atomic E-state index is 0.115. The molecule has 0 spiro atoms. The maximum atomic E-state index is 13.3. The fourth-order valence-electron chi connectivity index (χ4n) is 3.75. The molecule has 6 nitrogen and oxygen atoms in total. The summed E-state index contributed by atoms with van der Waals surface area (Å²) >= 11 is 0. The molecule has 0 aliphatic heterocycles. The van der Waals surface area contributed by atoms with Gasteiger partial charge in [-0.3, -0.25) is 9.48 Å². The highest BCUT2D eigenvalue weighted by Crippen LogP contribution is 2.39. The van der Waals surface area contributed by atoms with Crippen LogP contribution in [0.3, 0.4) is 0 Å². The zero-order chi connectivity index (χ0) is 19.2. The van der Waals surface area contributed by atoms with E-state index < -0.39 is 0 Å². The monoisotopic (exact) mass is 363 g/mol. The molecule has 1 aliphatic carbocycles. The third-order valence-electron chi connectivity index (χ3n) is 5.58. The van der Waals surface area contributed by atoms with E-state index in [1.165, 1.54) is 0 Å². The van der Waals surface area contributed by atoms with E-state index in [0.29, 0.717) is 23.7 Å². The Morgan fingerprint density at radius 3 is 2.67 bits per heavy atom. The lowest BCUT2D eigenvalue weighted by molar-refractivity contribution is 0.0899. The smallest absolute Gasteiger partial charge is 0.252 e. The lowest BCUT2D eigenvalue weighted by atomic mass is 9.95. The lowest BCUT2D eigenvalue weighted by Crippen LogP contribution is -2.53. The van der Waals surface area contributed by atoms with Crippen LogP contribution in [-0.2, 0) is 7.05 Å². The zero-order valence-corrected chi connectivity index (χ0v) is 16.0.